The smallest absolute Gasteiger partial charge is 0.407 e. The van der Waals surface area contributed by atoms with Crippen molar-refractivity contribution in [3.05, 3.63) is 59.7 Å². The van der Waals surface area contributed by atoms with Crippen molar-refractivity contribution in [3.63, 3.8) is 0 Å². The predicted molar refractivity (Wildman–Crippen MR) is 126 cm³/mol. The van der Waals surface area contributed by atoms with E-state index in [9.17, 15) is 14.4 Å². The number of unbranched alkanes of at least 4 members (excludes halogenated alkanes) is 1. The number of fused-ring (bicyclic) bond motifs is 3. The van der Waals surface area contributed by atoms with Gasteiger partial charge in [-0.2, -0.15) is 0 Å². The molecule has 2 aromatic rings. The maximum Gasteiger partial charge on any atom is 0.407 e. The van der Waals surface area contributed by atoms with E-state index < -0.39 is 18.1 Å². The molecule has 0 saturated carbocycles. The van der Waals surface area contributed by atoms with Crippen molar-refractivity contribution in [1.29, 1.82) is 0 Å². The van der Waals surface area contributed by atoms with E-state index >= 15 is 0 Å². The summed E-state index contributed by atoms with van der Waals surface area (Å²) in [5.74, 6) is -1.06. The van der Waals surface area contributed by atoms with E-state index in [1.807, 2.05) is 38.1 Å². The Labute approximate surface area is 194 Å². The first kappa shape index (κ1) is 24.3. The molecule has 2 amide bonds. The lowest BCUT2D eigenvalue weighted by Crippen LogP contribution is -2.48. The van der Waals surface area contributed by atoms with Crippen molar-refractivity contribution in [3.8, 4) is 11.1 Å². The number of alkyl carbamates (subject to hydrolysis) is 1. The summed E-state index contributed by atoms with van der Waals surface area (Å²) in [5.41, 5.74) is 4.58. The molecule has 33 heavy (non-hydrogen) atoms. The Hall–Kier alpha value is -3.35. The molecule has 2 N–H and O–H groups in total. The highest BCUT2D eigenvalue weighted by Gasteiger charge is 2.30. The number of hydrogen-bond acceptors (Lipinski definition) is 4. The number of nitrogens with one attached hydrogen (secondary N) is 1. The van der Waals surface area contributed by atoms with Gasteiger partial charge in [-0.05, 0) is 48.4 Å². The third-order valence-electron chi connectivity index (χ3n) is 6.10. The number of ether oxygens (including phenoxy) is 1. The van der Waals surface area contributed by atoms with Crippen LogP contribution in [0.4, 0.5) is 4.79 Å². The average molecular weight is 453 g/mol. The summed E-state index contributed by atoms with van der Waals surface area (Å²) >= 11 is 0. The molecule has 0 radical (unpaired) electrons. The molecule has 0 unspecified atom stereocenters. The van der Waals surface area contributed by atoms with Crippen LogP contribution in [0.25, 0.3) is 11.1 Å². The summed E-state index contributed by atoms with van der Waals surface area (Å²) in [6.07, 6.45) is 1.03. The SMILES string of the molecule is CC[C@@H](NC(=O)OCC1c2ccccc2-c2ccccc21)C(=O)N(CC)CCCCC(=O)O. The number of carboxylic acids is 1. The maximum absolute atomic E-state index is 12.9. The Morgan fingerprint density at radius 2 is 1.61 bits per heavy atom. The third kappa shape index (κ3) is 5.92. The summed E-state index contributed by atoms with van der Waals surface area (Å²) < 4.78 is 5.57. The monoisotopic (exact) mass is 452 g/mol. The zero-order valence-electron chi connectivity index (χ0n) is 19.3. The van der Waals surface area contributed by atoms with E-state index in [-0.39, 0.29) is 24.9 Å². The number of benzene rings is 2. The molecule has 176 valence electrons. The van der Waals surface area contributed by atoms with Crippen LogP contribution in [0.3, 0.4) is 0 Å². The second kappa shape index (κ2) is 11.5. The number of carboxylic acid groups (broad SMARTS) is 1. The summed E-state index contributed by atoms with van der Waals surface area (Å²) in [5, 5.41) is 11.5. The molecule has 0 fully saturated rings. The minimum Gasteiger partial charge on any atom is -0.481 e. The second-order valence-corrected chi connectivity index (χ2v) is 8.20. The molecule has 0 bridgehead atoms. The van der Waals surface area contributed by atoms with Crippen LogP contribution >= 0.6 is 0 Å². The van der Waals surface area contributed by atoms with Crippen LogP contribution in [0.5, 0.6) is 0 Å². The molecule has 1 atom stereocenters. The second-order valence-electron chi connectivity index (χ2n) is 8.20. The number of carbonyl (C=O) groups excluding carboxylic acids is 2. The largest absolute Gasteiger partial charge is 0.481 e. The molecule has 0 aromatic heterocycles. The van der Waals surface area contributed by atoms with Crippen LogP contribution in [-0.2, 0) is 14.3 Å². The van der Waals surface area contributed by atoms with Gasteiger partial charge in [0.15, 0.2) is 0 Å². The van der Waals surface area contributed by atoms with Crippen LogP contribution in [0.15, 0.2) is 48.5 Å². The quantitative estimate of drug-likeness (QED) is 0.493. The zero-order valence-corrected chi connectivity index (χ0v) is 19.3. The lowest BCUT2D eigenvalue weighted by molar-refractivity contribution is -0.137. The van der Waals surface area contributed by atoms with E-state index in [1.165, 1.54) is 0 Å². The van der Waals surface area contributed by atoms with E-state index in [0.29, 0.717) is 32.4 Å². The molecule has 1 aliphatic carbocycles. The van der Waals surface area contributed by atoms with Gasteiger partial charge in [0.1, 0.15) is 12.6 Å². The molecule has 7 heteroatoms. The third-order valence-corrected chi connectivity index (χ3v) is 6.10. The van der Waals surface area contributed by atoms with Crippen molar-refractivity contribution >= 4 is 18.0 Å². The molecule has 0 aliphatic heterocycles. The van der Waals surface area contributed by atoms with Crippen LogP contribution in [-0.4, -0.2) is 53.7 Å². The van der Waals surface area contributed by atoms with Gasteiger partial charge >= 0.3 is 12.1 Å². The fourth-order valence-electron chi connectivity index (χ4n) is 4.34. The number of hydrogen-bond donors (Lipinski definition) is 2. The van der Waals surface area contributed by atoms with Gasteiger partial charge in [-0.1, -0.05) is 55.5 Å². The molecule has 2 aromatic carbocycles. The van der Waals surface area contributed by atoms with Crippen LogP contribution in [0.1, 0.15) is 56.6 Å². The van der Waals surface area contributed by atoms with Crippen molar-refractivity contribution in [2.24, 2.45) is 0 Å². The molecule has 0 heterocycles. The molecule has 0 saturated heterocycles. The number of nitrogens with zero attached hydrogens (tertiary/aromatic N) is 1. The highest BCUT2D eigenvalue weighted by Crippen LogP contribution is 2.44. The van der Waals surface area contributed by atoms with Gasteiger partial charge in [0.25, 0.3) is 0 Å². The number of aliphatic carboxylic acids is 1. The Morgan fingerprint density at radius 1 is 1.00 bits per heavy atom. The summed E-state index contributed by atoms with van der Waals surface area (Å²) in [6.45, 7) is 4.86. The van der Waals surface area contributed by atoms with Gasteiger partial charge in [-0.15, -0.1) is 0 Å². The van der Waals surface area contributed by atoms with Crippen LogP contribution < -0.4 is 5.32 Å². The molecule has 0 spiro atoms. The molecular weight excluding hydrogens is 420 g/mol. The summed E-state index contributed by atoms with van der Waals surface area (Å²) in [4.78, 5) is 37.8. The summed E-state index contributed by atoms with van der Waals surface area (Å²) in [7, 11) is 0. The van der Waals surface area contributed by atoms with Gasteiger partial charge < -0.3 is 20.1 Å². The van der Waals surface area contributed by atoms with Crippen molar-refractivity contribution in [2.45, 2.75) is 51.5 Å². The van der Waals surface area contributed by atoms with Gasteiger partial charge in [0.2, 0.25) is 5.91 Å². The van der Waals surface area contributed by atoms with Crippen LogP contribution in [0, 0.1) is 0 Å². The van der Waals surface area contributed by atoms with Gasteiger partial charge in [0.05, 0.1) is 0 Å². The topological polar surface area (TPSA) is 95.9 Å². The number of amides is 2. The number of likely N-dealkylation sites (N-methyl/N-ethyl adjacent to an activating group) is 1. The van der Waals surface area contributed by atoms with E-state index in [0.717, 1.165) is 22.3 Å². The highest BCUT2D eigenvalue weighted by atomic mass is 16.5. The van der Waals surface area contributed by atoms with Crippen molar-refractivity contribution in [2.75, 3.05) is 19.7 Å². The first-order valence-corrected chi connectivity index (χ1v) is 11.6. The normalized spacial score (nSPS) is 13.0. The van der Waals surface area contributed by atoms with Crippen molar-refractivity contribution in [1.82, 2.24) is 10.2 Å². The Bertz CT molecular complexity index is 945. The van der Waals surface area contributed by atoms with E-state index in [2.05, 4.69) is 29.6 Å². The molecule has 7 nitrogen and oxygen atoms in total. The molecule has 3 rings (SSSR count). The van der Waals surface area contributed by atoms with Crippen molar-refractivity contribution < 1.29 is 24.2 Å². The van der Waals surface area contributed by atoms with E-state index in [4.69, 9.17) is 9.84 Å². The number of rotatable bonds is 11. The fraction of sp³-hybridized carbons (Fsp3) is 0.423. The first-order valence-electron chi connectivity index (χ1n) is 11.6. The zero-order chi connectivity index (χ0) is 23.8. The van der Waals surface area contributed by atoms with Gasteiger partial charge in [0, 0.05) is 25.4 Å². The van der Waals surface area contributed by atoms with Gasteiger partial charge in [-0.3, -0.25) is 9.59 Å². The Balaban J connectivity index is 1.57. The van der Waals surface area contributed by atoms with E-state index in [1.54, 1.807) is 4.90 Å². The Morgan fingerprint density at radius 3 is 2.15 bits per heavy atom. The minimum absolute atomic E-state index is 0.0414. The summed E-state index contributed by atoms with van der Waals surface area (Å²) in [6, 6.07) is 15.6. The molecule has 1 aliphatic rings. The number of carbonyl (C=O) groups is 3. The average Bonchev–Trinajstić information content (AvgIpc) is 3.14. The standard InChI is InChI=1S/C26H32N2O5/c1-3-23(25(31)28(4-2)16-10-9-15-24(29)30)27-26(32)33-17-22-20-13-7-5-11-18(20)19-12-6-8-14-21(19)22/h5-8,11-14,22-23H,3-4,9-10,15-17H2,1-2H3,(H,27,32)(H,29,30)/t23-/m1/s1. The molecular formula is C26H32N2O5. The van der Waals surface area contributed by atoms with Gasteiger partial charge in [-0.25, -0.2) is 4.79 Å². The fourth-order valence-corrected chi connectivity index (χ4v) is 4.34. The minimum atomic E-state index is -0.840. The maximum atomic E-state index is 12.9. The highest BCUT2D eigenvalue weighted by molar-refractivity contribution is 5.85. The lowest BCUT2D eigenvalue weighted by Gasteiger charge is -2.26. The predicted octanol–water partition coefficient (Wildman–Crippen LogP) is 4.41. The Kier molecular flexibility index (Phi) is 8.46. The first-order chi connectivity index (χ1) is 16.0. The van der Waals surface area contributed by atoms with Crippen LogP contribution in [0.2, 0.25) is 0 Å². The lowest BCUT2D eigenvalue weighted by atomic mass is 9.98.